The number of rotatable bonds is 2. The van der Waals surface area contributed by atoms with Crippen LogP contribution in [0.1, 0.15) is 0 Å². The molecule has 1 radical (unpaired) electrons. The molecule has 0 aliphatic heterocycles. The summed E-state index contributed by atoms with van der Waals surface area (Å²) in [4.78, 5) is 9.68. The molecule has 7 heavy (non-hydrogen) atoms. The number of nitrogens with zero attached hydrogens (tertiary/aromatic N) is 1. The second kappa shape index (κ2) is 2.87. The summed E-state index contributed by atoms with van der Waals surface area (Å²) in [6.45, 7) is 3.31. The number of hydrogen-bond acceptors (Lipinski definition) is 3. The summed E-state index contributed by atoms with van der Waals surface area (Å²) in [5, 5.41) is 0. The molecule has 0 rings (SSSR count). The van der Waals surface area contributed by atoms with Gasteiger partial charge in [-0.05, 0) is 6.92 Å². The Kier molecular flexibility index (Phi) is 2.78. The summed E-state index contributed by atoms with van der Waals surface area (Å²) in [6, 6.07) is 0. The van der Waals surface area contributed by atoms with Crippen LogP contribution in [0.4, 0.5) is 0 Å². The van der Waals surface area contributed by atoms with E-state index < -0.39 is 6.17 Å². The highest BCUT2D eigenvalue weighted by Gasteiger charge is 1.96. The van der Waals surface area contributed by atoms with Crippen LogP contribution in [0.15, 0.2) is 0 Å². The van der Waals surface area contributed by atoms with E-state index in [-0.39, 0.29) is 0 Å². The smallest absolute Gasteiger partial charge is 0.220 e. The number of carbonyl (C=O) groups excluding carboxylic acids is 1. The molecule has 0 heterocycles. The van der Waals surface area contributed by atoms with E-state index in [9.17, 15) is 4.79 Å². The molecule has 0 aromatic rings. The maximum absolute atomic E-state index is 9.68. The van der Waals surface area contributed by atoms with Crippen molar-refractivity contribution in [2.45, 2.75) is 6.17 Å². The summed E-state index contributed by atoms with van der Waals surface area (Å²) < 4.78 is 0.972. The van der Waals surface area contributed by atoms with E-state index in [4.69, 9.17) is 5.73 Å². The minimum absolute atomic E-state index is 0.501. The first kappa shape index (κ1) is 6.78. The monoisotopic (exact) mass is 119 g/mol. The Hall–Kier alpha value is -0.220. The predicted octanol–water partition coefficient (Wildman–Crippen LogP) is -0.592. The van der Waals surface area contributed by atoms with Crippen LogP contribution in [-0.2, 0) is 4.79 Å². The molecule has 0 aliphatic carbocycles. The van der Waals surface area contributed by atoms with Gasteiger partial charge in [0.25, 0.3) is 0 Å². The summed E-state index contributed by atoms with van der Waals surface area (Å²) in [7, 11) is 0. The maximum atomic E-state index is 9.68. The molecule has 3 nitrogen and oxygen atoms in total. The Morgan fingerprint density at radius 2 is 2.43 bits per heavy atom. The van der Waals surface area contributed by atoms with Gasteiger partial charge in [0.2, 0.25) is 6.41 Å². The minimum atomic E-state index is -0.555. The standard InChI is InChI=1S/C3H7N2OS/c1-3(4)5(7)2-6/h2-3,7H,1,4H2. The van der Waals surface area contributed by atoms with E-state index in [2.05, 4.69) is 19.7 Å². The molecule has 0 aliphatic rings. The van der Waals surface area contributed by atoms with E-state index >= 15 is 0 Å². The lowest BCUT2D eigenvalue weighted by molar-refractivity contribution is -0.114. The van der Waals surface area contributed by atoms with Crippen LogP contribution in [-0.4, -0.2) is 16.9 Å². The van der Waals surface area contributed by atoms with Crippen molar-refractivity contribution in [3.63, 3.8) is 0 Å². The average molecular weight is 119 g/mol. The molecule has 4 heteroatoms. The fourth-order valence-electron chi connectivity index (χ4n) is 0.0782. The van der Waals surface area contributed by atoms with Gasteiger partial charge in [-0.2, -0.15) is 0 Å². The molecular weight excluding hydrogens is 112 g/mol. The van der Waals surface area contributed by atoms with Crippen molar-refractivity contribution in [2.24, 2.45) is 5.73 Å². The molecule has 0 saturated carbocycles. The Bertz CT molecular complexity index is 66.0. The molecule has 0 aromatic heterocycles. The van der Waals surface area contributed by atoms with Crippen LogP contribution in [0, 0.1) is 6.92 Å². The first-order valence-electron chi connectivity index (χ1n) is 1.69. The molecule has 2 N–H and O–H groups in total. The van der Waals surface area contributed by atoms with E-state index in [1.165, 1.54) is 0 Å². The molecule has 0 saturated heterocycles. The van der Waals surface area contributed by atoms with E-state index in [0.717, 1.165) is 4.31 Å². The molecule has 0 bridgehead atoms. The molecule has 41 valence electrons. The summed E-state index contributed by atoms with van der Waals surface area (Å²) in [5.74, 6) is 0. The lowest BCUT2D eigenvalue weighted by Gasteiger charge is -2.11. The number of thiol groups is 1. The van der Waals surface area contributed by atoms with Gasteiger partial charge >= 0.3 is 0 Å². The quantitative estimate of drug-likeness (QED) is 0.290. The Balaban J connectivity index is 3.33. The van der Waals surface area contributed by atoms with Crippen LogP contribution in [0.2, 0.25) is 0 Å². The zero-order valence-electron chi connectivity index (χ0n) is 3.74. The van der Waals surface area contributed by atoms with Crippen molar-refractivity contribution in [2.75, 3.05) is 0 Å². The van der Waals surface area contributed by atoms with Crippen molar-refractivity contribution < 1.29 is 4.79 Å². The highest BCUT2D eigenvalue weighted by Crippen LogP contribution is 1.88. The van der Waals surface area contributed by atoms with Crippen LogP contribution in [0.3, 0.4) is 0 Å². The Labute approximate surface area is 48.0 Å². The Morgan fingerprint density at radius 3 is 2.43 bits per heavy atom. The van der Waals surface area contributed by atoms with Gasteiger partial charge in [0.1, 0.15) is 0 Å². The highest BCUT2D eigenvalue weighted by atomic mass is 32.1. The fraction of sp³-hybridized carbons (Fsp3) is 0.333. The van der Waals surface area contributed by atoms with Crippen molar-refractivity contribution in [3.8, 4) is 0 Å². The number of hydrogen-bond donors (Lipinski definition) is 2. The van der Waals surface area contributed by atoms with E-state index in [1.54, 1.807) is 0 Å². The molecule has 0 fully saturated rings. The third-order valence-corrected chi connectivity index (χ3v) is 0.839. The number of carbonyl (C=O) groups is 1. The van der Waals surface area contributed by atoms with Gasteiger partial charge < -0.3 is 5.73 Å². The topological polar surface area (TPSA) is 46.3 Å². The summed E-state index contributed by atoms with van der Waals surface area (Å²) in [5.41, 5.74) is 5.05. The van der Waals surface area contributed by atoms with Crippen molar-refractivity contribution in [1.29, 1.82) is 0 Å². The molecular formula is C3H7N2OS. The van der Waals surface area contributed by atoms with Crippen molar-refractivity contribution in [3.05, 3.63) is 6.92 Å². The van der Waals surface area contributed by atoms with Gasteiger partial charge in [0.15, 0.2) is 0 Å². The van der Waals surface area contributed by atoms with E-state index in [1.807, 2.05) is 0 Å². The second-order valence-electron chi connectivity index (χ2n) is 1.05. The molecule has 0 aromatic carbocycles. The van der Waals surface area contributed by atoms with Gasteiger partial charge in [-0.3, -0.25) is 9.10 Å². The molecule has 1 amide bonds. The number of nitrogens with two attached hydrogens (primary N) is 1. The van der Waals surface area contributed by atoms with Gasteiger partial charge in [-0.25, -0.2) is 0 Å². The fourth-order valence-corrected chi connectivity index (χ4v) is 0.0782. The van der Waals surface area contributed by atoms with Crippen molar-refractivity contribution >= 4 is 19.2 Å². The third kappa shape index (κ3) is 2.47. The predicted molar refractivity (Wildman–Crippen MR) is 30.2 cm³/mol. The van der Waals surface area contributed by atoms with Crippen LogP contribution < -0.4 is 5.73 Å². The van der Waals surface area contributed by atoms with Gasteiger partial charge in [0.05, 0.1) is 6.17 Å². The zero-order valence-corrected chi connectivity index (χ0v) is 4.64. The van der Waals surface area contributed by atoms with E-state index in [0.29, 0.717) is 6.41 Å². The first-order chi connectivity index (χ1) is 3.18. The molecule has 0 spiro atoms. The molecule has 1 atom stereocenters. The van der Waals surface area contributed by atoms with Gasteiger partial charge in [-0.1, -0.05) is 12.8 Å². The highest BCUT2D eigenvalue weighted by molar-refractivity contribution is 7.78. The lowest BCUT2D eigenvalue weighted by Crippen LogP contribution is -2.31. The zero-order chi connectivity index (χ0) is 5.86. The van der Waals surface area contributed by atoms with Gasteiger partial charge in [0, 0.05) is 0 Å². The largest absolute Gasteiger partial charge is 0.310 e. The third-order valence-electron chi connectivity index (χ3n) is 0.448. The van der Waals surface area contributed by atoms with Crippen LogP contribution in [0.25, 0.3) is 0 Å². The summed E-state index contributed by atoms with van der Waals surface area (Å²) in [6.07, 6.45) is -0.0540. The minimum Gasteiger partial charge on any atom is -0.310 e. The molecule has 1 unspecified atom stereocenters. The lowest BCUT2D eigenvalue weighted by atomic mass is 10.6. The van der Waals surface area contributed by atoms with Crippen LogP contribution >= 0.6 is 12.8 Å². The maximum Gasteiger partial charge on any atom is 0.220 e. The average Bonchev–Trinajstić information content (AvgIpc) is 1.65. The number of amides is 1. The SMILES string of the molecule is [CH2]C(N)N(S)C=O. The Morgan fingerprint density at radius 1 is 2.00 bits per heavy atom. The second-order valence-corrected chi connectivity index (χ2v) is 1.51. The first-order valence-corrected chi connectivity index (χ1v) is 2.09. The van der Waals surface area contributed by atoms with Crippen molar-refractivity contribution in [1.82, 2.24) is 4.31 Å². The normalized spacial score (nSPS) is 13.0. The van der Waals surface area contributed by atoms with Gasteiger partial charge in [-0.15, -0.1) is 0 Å². The van der Waals surface area contributed by atoms with Crippen LogP contribution in [0.5, 0.6) is 0 Å². The summed E-state index contributed by atoms with van der Waals surface area (Å²) >= 11 is 3.60.